The molecule has 8 heterocycles. The third-order valence-electron chi connectivity index (χ3n) is 15.5. The van der Waals surface area contributed by atoms with Gasteiger partial charge in [-0.05, 0) is 0 Å². The van der Waals surface area contributed by atoms with Crippen LogP contribution in [-0.2, 0) is 119 Å². The molecule has 0 amide bonds. The highest BCUT2D eigenvalue weighted by molar-refractivity contribution is 4.96. The standard InChI is InChI=1S/C53H88N12O30/c66-17-33-37(70)41(74)45(78)49(92-33)88-7-3-64-13-29(54-58-64)21-86-27-53(28-87-22-30-14-65(59-55-30)4-8-89-50-46(79)42(75)38(71)34(18-67)93-50,25-84-11-9-82-5-1-62-15-31(56-60-62)23-90-51-47(80)43(76)39(72)35(19-68)94-51)26-85-12-10-83-6-2-63-16-32(57-61-63)24-91-52-48(81)44(77)40(73)36(20-69)95-52/h13-16,33-52,66-81H,1-12,17-28H2/t33-,34-,35-,36-,37-,38-,39-,40-,41+,42+,43+,44+,45+,46+,47-,48-,49+,50+,51+,52+/m1/s1. The summed E-state index contributed by atoms with van der Waals surface area (Å²) < 4.78 is 86.6. The van der Waals surface area contributed by atoms with Crippen molar-refractivity contribution < 1.29 is 148 Å². The van der Waals surface area contributed by atoms with Crippen LogP contribution in [0.2, 0.25) is 0 Å². The Hall–Kier alpha value is -4.64. The lowest BCUT2D eigenvalue weighted by Crippen LogP contribution is -2.59. The van der Waals surface area contributed by atoms with Crippen molar-refractivity contribution in [3.05, 3.63) is 47.6 Å². The van der Waals surface area contributed by atoms with E-state index in [0.717, 1.165) is 0 Å². The lowest BCUT2D eigenvalue weighted by atomic mass is 9.92. The summed E-state index contributed by atoms with van der Waals surface area (Å²) in [6, 6.07) is 0. The van der Waals surface area contributed by atoms with Crippen LogP contribution in [0.15, 0.2) is 24.8 Å². The van der Waals surface area contributed by atoms with E-state index in [4.69, 9.17) is 66.3 Å². The van der Waals surface area contributed by atoms with Crippen LogP contribution in [0.4, 0.5) is 0 Å². The highest BCUT2D eigenvalue weighted by Gasteiger charge is 2.48. The minimum absolute atomic E-state index is 0.0310. The van der Waals surface area contributed by atoms with Crippen LogP contribution >= 0.6 is 0 Å². The zero-order valence-electron chi connectivity index (χ0n) is 51.6. The van der Waals surface area contributed by atoms with Crippen LogP contribution in [0, 0.1) is 5.41 Å². The molecular formula is C53H88N12O30. The average molecular weight is 1370 g/mol. The number of nitrogens with zero attached hydrogens (tertiary/aromatic N) is 12. The van der Waals surface area contributed by atoms with Gasteiger partial charge in [0.1, 0.15) is 120 Å². The SMILES string of the molecule is OC[C@H]1O[C@H](OCCn2cc(COCC(COCCOCCn3cc(CO[C@H]4O[C@H](CO)[C@@H](O)[C@H](O)[C@H]4O)nn3)(COCCOCCn3cc(CO[C@H]4O[C@H](CO)[C@@H](O)[C@H](O)[C@H]4O)nn3)COCc3cn(CCO[C@H]4O[C@H](CO)[C@@H](O)[C@H](O)[C@@H]4O)nn3)nn2)[C@@H](O)[C@@H](O)[C@@H]1O. The Kier molecular flexibility index (Phi) is 30.5. The molecule has 4 aliphatic rings. The van der Waals surface area contributed by atoms with Gasteiger partial charge in [-0.1, -0.05) is 20.9 Å². The van der Waals surface area contributed by atoms with E-state index >= 15 is 0 Å². The lowest BCUT2D eigenvalue weighted by molar-refractivity contribution is -0.304. The van der Waals surface area contributed by atoms with Crippen molar-refractivity contribution in [1.82, 2.24) is 60.0 Å². The summed E-state index contributed by atoms with van der Waals surface area (Å²) in [6.45, 7) is -1.95. The molecule has 0 bridgehead atoms. The van der Waals surface area contributed by atoms with Crippen molar-refractivity contribution in [2.75, 3.05) is 106 Å². The van der Waals surface area contributed by atoms with Gasteiger partial charge in [-0.15, -0.1) is 20.4 Å². The summed E-state index contributed by atoms with van der Waals surface area (Å²) in [5.74, 6) is 0. The van der Waals surface area contributed by atoms with Crippen LogP contribution in [0.5, 0.6) is 0 Å². The van der Waals surface area contributed by atoms with Crippen molar-refractivity contribution >= 4 is 0 Å². The first-order valence-electron chi connectivity index (χ1n) is 30.6. The van der Waals surface area contributed by atoms with Crippen LogP contribution in [-0.4, -0.2) is 370 Å². The molecule has 0 spiro atoms. The zero-order valence-corrected chi connectivity index (χ0v) is 51.6. The Balaban J connectivity index is 0.863. The van der Waals surface area contributed by atoms with E-state index in [1.54, 1.807) is 24.8 Å². The number of hydrogen-bond acceptors (Lipinski definition) is 38. The zero-order chi connectivity index (χ0) is 68.0. The van der Waals surface area contributed by atoms with E-state index in [1.165, 1.54) is 18.7 Å². The smallest absolute Gasteiger partial charge is 0.187 e. The molecule has 8 rings (SSSR count). The third kappa shape index (κ3) is 21.7. The summed E-state index contributed by atoms with van der Waals surface area (Å²) in [4.78, 5) is 0. The van der Waals surface area contributed by atoms with Gasteiger partial charge < -0.3 is 148 Å². The van der Waals surface area contributed by atoms with Gasteiger partial charge in [0, 0.05) is 0 Å². The van der Waals surface area contributed by atoms with E-state index in [-0.39, 0.29) is 132 Å². The van der Waals surface area contributed by atoms with Crippen molar-refractivity contribution in [2.45, 2.75) is 175 Å². The maximum atomic E-state index is 10.4. The average Bonchev–Trinajstić information content (AvgIpc) is 1.45. The fourth-order valence-electron chi connectivity index (χ4n) is 10.1. The molecule has 95 heavy (non-hydrogen) atoms. The molecule has 4 aromatic heterocycles. The fraction of sp³-hybridized carbons (Fsp3) is 0.849. The summed E-state index contributed by atoms with van der Waals surface area (Å²) in [5, 5.41) is 193. The van der Waals surface area contributed by atoms with Gasteiger partial charge in [-0.25, -0.2) is 18.7 Å². The van der Waals surface area contributed by atoms with Crippen LogP contribution in [0.1, 0.15) is 22.8 Å². The van der Waals surface area contributed by atoms with Gasteiger partial charge in [0.15, 0.2) is 25.2 Å². The highest BCUT2D eigenvalue weighted by Crippen LogP contribution is 2.27. The normalized spacial score (nSPS) is 31.6. The number of aromatic nitrogens is 12. The molecule has 42 heteroatoms. The summed E-state index contributed by atoms with van der Waals surface area (Å²) in [6.07, 6.45) is -22.8. The number of aliphatic hydroxyl groups excluding tert-OH is 16. The van der Waals surface area contributed by atoms with Crippen molar-refractivity contribution in [3.8, 4) is 0 Å². The highest BCUT2D eigenvalue weighted by atomic mass is 16.7. The molecule has 4 fully saturated rings. The van der Waals surface area contributed by atoms with Crippen LogP contribution in [0.25, 0.3) is 0 Å². The first kappa shape index (κ1) is 76.1. The topological polar surface area (TPSA) is 576 Å². The van der Waals surface area contributed by atoms with Gasteiger partial charge in [0.25, 0.3) is 0 Å². The number of rotatable bonds is 42. The van der Waals surface area contributed by atoms with Crippen molar-refractivity contribution in [2.24, 2.45) is 5.41 Å². The van der Waals surface area contributed by atoms with E-state index in [0.29, 0.717) is 22.8 Å². The Morgan fingerprint density at radius 2 is 0.568 bits per heavy atom. The second kappa shape index (κ2) is 38.1. The van der Waals surface area contributed by atoms with Crippen LogP contribution in [0.3, 0.4) is 0 Å². The molecular weight excluding hydrogens is 1280 g/mol. The first-order chi connectivity index (χ1) is 45.8. The Labute approximate surface area is 540 Å². The molecule has 0 unspecified atom stereocenters. The van der Waals surface area contributed by atoms with Crippen molar-refractivity contribution in [3.63, 3.8) is 0 Å². The predicted molar refractivity (Wildman–Crippen MR) is 302 cm³/mol. The maximum absolute atomic E-state index is 10.4. The van der Waals surface area contributed by atoms with Gasteiger partial charge in [0.05, 0.1) is 189 Å². The number of aliphatic hydroxyl groups is 16. The molecule has 0 aliphatic carbocycles. The largest absolute Gasteiger partial charge is 0.394 e. The molecule has 540 valence electrons. The Morgan fingerprint density at radius 1 is 0.305 bits per heavy atom. The molecule has 42 nitrogen and oxygen atoms in total. The minimum Gasteiger partial charge on any atom is -0.394 e. The van der Waals surface area contributed by atoms with Gasteiger partial charge in [0.2, 0.25) is 0 Å². The molecule has 0 aromatic carbocycles. The molecule has 20 atom stereocenters. The lowest BCUT2D eigenvalue weighted by Gasteiger charge is -2.39. The van der Waals surface area contributed by atoms with Crippen molar-refractivity contribution in [1.29, 1.82) is 0 Å². The molecule has 0 saturated carbocycles. The fourth-order valence-corrected chi connectivity index (χ4v) is 10.1. The van der Waals surface area contributed by atoms with E-state index < -0.39 is 155 Å². The molecule has 4 aromatic rings. The summed E-state index contributed by atoms with van der Waals surface area (Å²) in [7, 11) is 0. The second-order valence-corrected chi connectivity index (χ2v) is 22.9. The van der Waals surface area contributed by atoms with E-state index in [2.05, 4.69) is 41.2 Å². The summed E-state index contributed by atoms with van der Waals surface area (Å²) >= 11 is 0. The van der Waals surface area contributed by atoms with Gasteiger partial charge >= 0.3 is 0 Å². The molecule has 4 saturated heterocycles. The van der Waals surface area contributed by atoms with E-state index in [9.17, 15) is 81.7 Å². The Bertz CT molecular complexity index is 2590. The quantitative estimate of drug-likeness (QED) is 0.0183. The Morgan fingerprint density at radius 3 is 0.874 bits per heavy atom. The predicted octanol–water partition coefficient (Wildman–Crippen LogP) is -11.5. The van der Waals surface area contributed by atoms with Crippen LogP contribution < -0.4 is 0 Å². The second-order valence-electron chi connectivity index (χ2n) is 22.9. The number of ether oxygens (including phenoxy) is 14. The first-order valence-corrected chi connectivity index (χ1v) is 30.6. The van der Waals surface area contributed by atoms with Gasteiger partial charge in [-0.3, -0.25) is 0 Å². The maximum Gasteiger partial charge on any atom is 0.187 e. The van der Waals surface area contributed by atoms with Gasteiger partial charge in [-0.2, -0.15) is 0 Å². The van der Waals surface area contributed by atoms with E-state index in [1.807, 2.05) is 0 Å². The summed E-state index contributed by atoms with van der Waals surface area (Å²) in [5.41, 5.74) is 0.401. The molecule has 0 radical (unpaired) electrons. The number of hydrogen-bond donors (Lipinski definition) is 16. The molecule has 16 N–H and O–H groups in total. The minimum atomic E-state index is -1.62. The third-order valence-corrected chi connectivity index (χ3v) is 15.5. The molecule has 4 aliphatic heterocycles. The monoisotopic (exact) mass is 1370 g/mol.